The molecule has 158 valence electrons. The molecule has 0 aliphatic carbocycles. The fourth-order valence-electron chi connectivity index (χ4n) is 3.42. The van der Waals surface area contributed by atoms with Gasteiger partial charge in [0.1, 0.15) is 5.75 Å². The summed E-state index contributed by atoms with van der Waals surface area (Å²) in [4.78, 5) is 12.6. The minimum absolute atomic E-state index is 0.0653. The third-order valence-electron chi connectivity index (χ3n) is 4.99. The Hall–Kier alpha value is -3.39. The zero-order valence-electron chi connectivity index (χ0n) is 17.4. The number of rotatable bonds is 8. The van der Waals surface area contributed by atoms with Crippen molar-refractivity contribution < 1.29 is 9.53 Å². The second kappa shape index (κ2) is 9.61. The lowest BCUT2D eigenvalue weighted by Gasteiger charge is -2.16. The van der Waals surface area contributed by atoms with Crippen LogP contribution in [0.1, 0.15) is 24.1 Å². The van der Waals surface area contributed by atoms with E-state index < -0.39 is 0 Å². The first-order valence-electron chi connectivity index (χ1n) is 9.93. The van der Waals surface area contributed by atoms with Crippen molar-refractivity contribution in [1.29, 1.82) is 0 Å². The fraction of sp³-hybridized carbons (Fsp3) is 0.217. The van der Waals surface area contributed by atoms with Gasteiger partial charge in [0, 0.05) is 0 Å². The van der Waals surface area contributed by atoms with Crippen molar-refractivity contribution in [3.63, 3.8) is 0 Å². The van der Waals surface area contributed by atoms with Gasteiger partial charge in [0.05, 0.1) is 25.4 Å². The summed E-state index contributed by atoms with van der Waals surface area (Å²) < 4.78 is 6.87. The first-order valence-corrected chi connectivity index (χ1v) is 10.9. The average molecular weight is 434 g/mol. The van der Waals surface area contributed by atoms with Gasteiger partial charge in [-0.25, -0.2) is 4.68 Å². The molecule has 0 saturated heterocycles. The lowest BCUT2D eigenvalue weighted by atomic mass is 10.00. The number of amides is 1. The molecule has 0 aliphatic rings. The lowest BCUT2D eigenvalue weighted by molar-refractivity contribution is -0.119. The molecule has 31 heavy (non-hydrogen) atoms. The normalized spacial score (nSPS) is 11.9. The second-order valence-electron chi connectivity index (χ2n) is 7.11. The number of carbonyl (C=O) groups is 1. The van der Waals surface area contributed by atoms with Crippen molar-refractivity contribution in [2.75, 3.05) is 12.9 Å². The Labute approximate surface area is 184 Å². The number of hydrogen-bond donors (Lipinski definition) is 1. The monoisotopic (exact) mass is 433 g/mol. The summed E-state index contributed by atoms with van der Waals surface area (Å²) in [6, 6.07) is 21.9. The third kappa shape index (κ3) is 5.03. The second-order valence-corrected chi connectivity index (χ2v) is 8.06. The maximum atomic E-state index is 12.6. The van der Waals surface area contributed by atoms with E-state index in [1.807, 2.05) is 49.4 Å². The number of tetrazole rings is 1. The van der Waals surface area contributed by atoms with Gasteiger partial charge in [-0.2, -0.15) is 0 Å². The Bertz CT molecular complexity index is 1170. The zero-order valence-corrected chi connectivity index (χ0v) is 18.2. The Morgan fingerprint density at radius 3 is 2.68 bits per heavy atom. The van der Waals surface area contributed by atoms with E-state index >= 15 is 0 Å². The van der Waals surface area contributed by atoms with Crippen LogP contribution in [0, 0.1) is 0 Å². The molecular weight excluding hydrogens is 410 g/mol. The molecule has 1 atom stereocenters. The molecule has 7 nitrogen and oxygen atoms in total. The number of methoxy groups -OCH3 is 1. The van der Waals surface area contributed by atoms with Crippen molar-refractivity contribution >= 4 is 28.4 Å². The van der Waals surface area contributed by atoms with Crippen molar-refractivity contribution in [3.8, 4) is 5.75 Å². The minimum Gasteiger partial charge on any atom is -0.497 e. The highest BCUT2D eigenvalue weighted by molar-refractivity contribution is 7.99. The van der Waals surface area contributed by atoms with Gasteiger partial charge in [-0.05, 0) is 51.4 Å². The number of benzene rings is 3. The Balaban J connectivity index is 1.36. The molecule has 0 bridgehead atoms. The summed E-state index contributed by atoms with van der Waals surface area (Å²) in [7, 11) is 1.64. The van der Waals surface area contributed by atoms with E-state index in [0.29, 0.717) is 11.7 Å². The van der Waals surface area contributed by atoms with E-state index in [9.17, 15) is 4.79 Å². The number of nitrogens with one attached hydrogen (secondary N) is 1. The molecule has 1 aromatic heterocycles. The van der Waals surface area contributed by atoms with E-state index in [-0.39, 0.29) is 17.7 Å². The topological polar surface area (TPSA) is 81.9 Å². The molecule has 0 radical (unpaired) electrons. The van der Waals surface area contributed by atoms with Gasteiger partial charge in [-0.1, -0.05) is 66.4 Å². The molecule has 0 saturated carbocycles. The summed E-state index contributed by atoms with van der Waals surface area (Å²) >= 11 is 1.32. The lowest BCUT2D eigenvalue weighted by Crippen LogP contribution is -2.28. The number of nitrogens with zero attached hydrogens (tertiary/aromatic N) is 4. The number of carbonyl (C=O) groups excluding carboxylic acids is 1. The van der Waals surface area contributed by atoms with E-state index in [1.54, 1.807) is 11.8 Å². The summed E-state index contributed by atoms with van der Waals surface area (Å²) in [6.45, 7) is 2.52. The maximum Gasteiger partial charge on any atom is 0.230 e. The third-order valence-corrected chi connectivity index (χ3v) is 5.95. The zero-order chi connectivity index (χ0) is 21.6. The number of hydrogen-bond acceptors (Lipinski definition) is 6. The molecule has 0 aliphatic heterocycles. The van der Waals surface area contributed by atoms with Crippen LogP contribution in [0.2, 0.25) is 0 Å². The van der Waals surface area contributed by atoms with Gasteiger partial charge >= 0.3 is 0 Å². The van der Waals surface area contributed by atoms with Crippen LogP contribution in [0.25, 0.3) is 10.8 Å². The van der Waals surface area contributed by atoms with E-state index in [1.165, 1.54) is 11.8 Å². The first-order chi connectivity index (χ1) is 15.1. The quantitative estimate of drug-likeness (QED) is 0.425. The summed E-state index contributed by atoms with van der Waals surface area (Å²) in [5.41, 5.74) is 2.14. The predicted molar refractivity (Wildman–Crippen MR) is 121 cm³/mol. The Morgan fingerprint density at radius 1 is 1.10 bits per heavy atom. The van der Waals surface area contributed by atoms with Gasteiger partial charge in [0.2, 0.25) is 11.1 Å². The van der Waals surface area contributed by atoms with Crippen molar-refractivity contribution in [2.45, 2.75) is 24.7 Å². The number of aromatic nitrogens is 4. The van der Waals surface area contributed by atoms with Crippen molar-refractivity contribution in [2.24, 2.45) is 0 Å². The highest BCUT2D eigenvalue weighted by atomic mass is 32.2. The van der Waals surface area contributed by atoms with Gasteiger partial charge in [-0.15, -0.1) is 5.10 Å². The average Bonchev–Trinajstić information content (AvgIpc) is 3.24. The van der Waals surface area contributed by atoms with E-state index in [4.69, 9.17) is 4.74 Å². The SMILES string of the molecule is COc1ccc(Cn2nnnc2SCC(=O)N[C@H](C)c2cccc3ccccc23)cc1. The molecular formula is C23H23N5O2S. The van der Waals surface area contributed by atoms with Crippen LogP contribution in [-0.2, 0) is 11.3 Å². The smallest absolute Gasteiger partial charge is 0.230 e. The van der Waals surface area contributed by atoms with Gasteiger partial charge < -0.3 is 10.1 Å². The van der Waals surface area contributed by atoms with Gasteiger partial charge in [-0.3, -0.25) is 4.79 Å². The highest BCUT2D eigenvalue weighted by Crippen LogP contribution is 2.24. The van der Waals surface area contributed by atoms with Crippen LogP contribution < -0.4 is 10.1 Å². The van der Waals surface area contributed by atoms with Crippen LogP contribution in [0.15, 0.2) is 71.9 Å². The summed E-state index contributed by atoms with van der Waals surface area (Å²) in [6.07, 6.45) is 0. The highest BCUT2D eigenvalue weighted by Gasteiger charge is 2.15. The van der Waals surface area contributed by atoms with Crippen LogP contribution in [0.4, 0.5) is 0 Å². The molecule has 0 unspecified atom stereocenters. The molecule has 0 fully saturated rings. The molecule has 1 amide bonds. The molecule has 8 heteroatoms. The fourth-order valence-corrected chi connectivity index (χ4v) is 4.11. The van der Waals surface area contributed by atoms with Crippen LogP contribution in [0.3, 0.4) is 0 Å². The number of thioether (sulfide) groups is 1. The summed E-state index contributed by atoms with van der Waals surface area (Å²) in [5.74, 6) is 0.967. The van der Waals surface area contributed by atoms with Gasteiger partial charge in [0.25, 0.3) is 0 Å². The molecule has 4 aromatic rings. The van der Waals surface area contributed by atoms with E-state index in [0.717, 1.165) is 27.6 Å². The van der Waals surface area contributed by atoms with Crippen molar-refractivity contribution in [3.05, 3.63) is 77.9 Å². The molecule has 3 aromatic carbocycles. The maximum absolute atomic E-state index is 12.6. The van der Waals surface area contributed by atoms with E-state index in [2.05, 4.69) is 45.1 Å². The number of fused-ring (bicyclic) bond motifs is 1. The largest absolute Gasteiger partial charge is 0.497 e. The molecule has 1 heterocycles. The predicted octanol–water partition coefficient (Wildman–Crippen LogP) is 3.85. The number of ether oxygens (including phenoxy) is 1. The van der Waals surface area contributed by atoms with Crippen molar-refractivity contribution in [1.82, 2.24) is 25.5 Å². The molecule has 0 spiro atoms. The Kier molecular flexibility index (Phi) is 6.47. The minimum atomic E-state index is -0.102. The molecule has 1 N–H and O–H groups in total. The van der Waals surface area contributed by atoms with Crippen LogP contribution in [-0.4, -0.2) is 39.0 Å². The standard InChI is InChI=1S/C23H23N5O2S/c1-16(20-9-5-7-18-6-3-4-8-21(18)20)24-22(29)15-31-23-25-26-27-28(23)14-17-10-12-19(30-2)13-11-17/h3-13,16H,14-15H2,1-2H3,(H,24,29)/t16-/m1/s1. The Morgan fingerprint density at radius 2 is 1.87 bits per heavy atom. The molecule has 4 rings (SSSR count). The van der Waals surface area contributed by atoms with Gasteiger partial charge in [0.15, 0.2) is 0 Å². The summed E-state index contributed by atoms with van der Waals surface area (Å²) in [5, 5.41) is 17.9. The first kappa shape index (κ1) is 20.9. The van der Waals surface area contributed by atoms with Crippen LogP contribution in [0.5, 0.6) is 5.75 Å². The van der Waals surface area contributed by atoms with Crippen LogP contribution >= 0.6 is 11.8 Å².